The van der Waals surface area contributed by atoms with E-state index in [-0.39, 0.29) is 21.2 Å². The van der Waals surface area contributed by atoms with Crippen molar-refractivity contribution in [3.8, 4) is 0 Å². The van der Waals surface area contributed by atoms with E-state index in [0.29, 0.717) is 23.7 Å². The molecule has 0 atom stereocenters. The second-order valence-electron chi connectivity index (χ2n) is 6.11. The maximum Gasteiger partial charge on any atom is 0.244 e. The van der Waals surface area contributed by atoms with Gasteiger partial charge in [0.15, 0.2) is 0 Å². The minimum absolute atomic E-state index is 0.0282. The molecule has 7 heteroatoms. The quantitative estimate of drug-likeness (QED) is 0.732. The van der Waals surface area contributed by atoms with Crippen molar-refractivity contribution in [2.45, 2.75) is 37.5 Å². The van der Waals surface area contributed by atoms with Crippen LogP contribution in [0.1, 0.15) is 32.3 Å². The average molecular weight is 371 g/mol. The van der Waals surface area contributed by atoms with Crippen molar-refractivity contribution in [2.24, 2.45) is 5.41 Å². The molecule has 1 saturated heterocycles. The first-order chi connectivity index (χ1) is 9.67. The summed E-state index contributed by atoms with van der Waals surface area (Å²) in [5.74, 6) is 0.143. The Labute approximate surface area is 141 Å². The zero-order valence-corrected chi connectivity index (χ0v) is 15.1. The van der Waals surface area contributed by atoms with Crippen molar-refractivity contribution >= 4 is 44.8 Å². The zero-order chi connectivity index (χ0) is 15.8. The molecule has 0 spiro atoms. The Hall–Kier alpha value is -0.000000000000000111. The summed E-state index contributed by atoms with van der Waals surface area (Å²) in [6.45, 7) is 5.15. The second kappa shape index (κ2) is 6.25. The first kappa shape index (κ1) is 17.4. The normalized spacial score (nSPS) is 19.7. The van der Waals surface area contributed by atoms with E-state index in [1.165, 1.54) is 16.4 Å². The van der Waals surface area contributed by atoms with Gasteiger partial charge in [0.2, 0.25) is 10.0 Å². The summed E-state index contributed by atoms with van der Waals surface area (Å²) in [4.78, 5) is 0.0851. The molecule has 1 fully saturated rings. The summed E-state index contributed by atoms with van der Waals surface area (Å²) in [5, 5.41) is 0.519. The second-order valence-corrected chi connectivity index (χ2v) is 9.10. The molecule has 21 heavy (non-hydrogen) atoms. The Morgan fingerprint density at radius 1 is 1.24 bits per heavy atom. The molecule has 0 saturated carbocycles. The van der Waals surface area contributed by atoms with Crippen LogP contribution in [-0.4, -0.2) is 25.8 Å². The molecule has 1 aliphatic heterocycles. The van der Waals surface area contributed by atoms with E-state index >= 15 is 0 Å². The van der Waals surface area contributed by atoms with Gasteiger partial charge in [0, 0.05) is 24.0 Å². The number of hydrogen-bond donors (Lipinski definition) is 0. The van der Waals surface area contributed by atoms with Crippen LogP contribution >= 0.6 is 34.8 Å². The van der Waals surface area contributed by atoms with Gasteiger partial charge >= 0.3 is 0 Å². The lowest BCUT2D eigenvalue weighted by molar-refractivity contribution is 0.187. The largest absolute Gasteiger partial charge is 0.244 e. The highest BCUT2D eigenvalue weighted by Gasteiger charge is 2.35. The molecule has 2 rings (SSSR count). The lowest BCUT2D eigenvalue weighted by Crippen LogP contribution is -2.43. The Morgan fingerprint density at radius 2 is 1.90 bits per heavy atom. The monoisotopic (exact) mass is 369 g/mol. The maximum absolute atomic E-state index is 12.8. The molecule has 0 aromatic heterocycles. The summed E-state index contributed by atoms with van der Waals surface area (Å²) in [6.07, 6.45) is 1.86. The summed E-state index contributed by atoms with van der Waals surface area (Å²) < 4.78 is 27.2. The lowest BCUT2D eigenvalue weighted by atomic mass is 9.85. The van der Waals surface area contributed by atoms with Crippen LogP contribution in [0.3, 0.4) is 0 Å². The molecule has 3 nitrogen and oxygen atoms in total. The molecule has 1 aromatic carbocycles. The molecule has 0 N–H and O–H groups in total. The van der Waals surface area contributed by atoms with Crippen molar-refractivity contribution in [3.63, 3.8) is 0 Å². The Balaban J connectivity index is 2.44. The van der Waals surface area contributed by atoms with E-state index < -0.39 is 10.0 Å². The van der Waals surface area contributed by atoms with Crippen molar-refractivity contribution in [2.75, 3.05) is 13.1 Å². The summed E-state index contributed by atoms with van der Waals surface area (Å²) in [6, 6.07) is 2.93. The highest BCUT2D eigenvalue weighted by molar-refractivity contribution is 7.89. The fourth-order valence-corrected chi connectivity index (χ4v) is 5.38. The molecule has 1 aromatic rings. The van der Waals surface area contributed by atoms with Gasteiger partial charge in [0.05, 0.1) is 5.02 Å². The summed E-state index contributed by atoms with van der Waals surface area (Å²) >= 11 is 17.9. The predicted octanol–water partition coefficient (Wildman–Crippen LogP) is 4.54. The predicted molar refractivity (Wildman–Crippen MR) is 87.8 cm³/mol. The standard InChI is InChI=1S/C14H18Cl3NO2S/c1-14(2)4-3-5-18(9-14)21(19,20)13-6-10(8-15)11(16)7-12(13)17/h6-7H,3-5,8-9H2,1-2H3. The summed E-state index contributed by atoms with van der Waals surface area (Å²) in [7, 11) is -3.63. The van der Waals surface area contributed by atoms with E-state index in [9.17, 15) is 8.42 Å². The Bertz CT molecular complexity index is 644. The third kappa shape index (κ3) is 3.67. The zero-order valence-electron chi connectivity index (χ0n) is 12.0. The molecular formula is C14H18Cl3NO2S. The van der Waals surface area contributed by atoms with Crippen LogP contribution in [0.5, 0.6) is 0 Å². The van der Waals surface area contributed by atoms with Gasteiger partial charge in [0.25, 0.3) is 0 Å². The number of benzene rings is 1. The Kier molecular flexibility index (Phi) is 5.16. The van der Waals surface area contributed by atoms with E-state index in [4.69, 9.17) is 34.8 Å². The molecule has 0 aliphatic carbocycles. The number of rotatable bonds is 3. The fraction of sp³-hybridized carbons (Fsp3) is 0.571. The van der Waals surface area contributed by atoms with Gasteiger partial charge in [-0.25, -0.2) is 8.42 Å². The minimum Gasteiger partial charge on any atom is -0.207 e. The third-order valence-electron chi connectivity index (χ3n) is 3.73. The van der Waals surface area contributed by atoms with Gasteiger partial charge in [-0.05, 0) is 36.0 Å². The summed E-state index contributed by atoms with van der Waals surface area (Å²) in [5.41, 5.74) is 0.539. The lowest BCUT2D eigenvalue weighted by Gasteiger charge is -2.37. The van der Waals surface area contributed by atoms with Gasteiger partial charge < -0.3 is 0 Å². The van der Waals surface area contributed by atoms with Crippen LogP contribution in [0, 0.1) is 5.41 Å². The van der Waals surface area contributed by atoms with Crippen LogP contribution in [0.15, 0.2) is 17.0 Å². The number of nitrogens with zero attached hydrogens (tertiary/aromatic N) is 1. The van der Waals surface area contributed by atoms with E-state index in [0.717, 1.165) is 12.8 Å². The maximum atomic E-state index is 12.8. The molecule has 118 valence electrons. The van der Waals surface area contributed by atoms with E-state index in [1.807, 2.05) is 0 Å². The molecule has 1 heterocycles. The van der Waals surface area contributed by atoms with Crippen LogP contribution in [-0.2, 0) is 15.9 Å². The highest BCUT2D eigenvalue weighted by Crippen LogP contribution is 2.35. The van der Waals surface area contributed by atoms with Crippen molar-refractivity contribution in [1.82, 2.24) is 4.31 Å². The van der Waals surface area contributed by atoms with E-state index in [2.05, 4.69) is 13.8 Å². The minimum atomic E-state index is -3.63. The van der Waals surface area contributed by atoms with Gasteiger partial charge in [0.1, 0.15) is 4.90 Å². The van der Waals surface area contributed by atoms with Crippen LogP contribution in [0.2, 0.25) is 10.0 Å². The molecule has 0 bridgehead atoms. The molecule has 1 aliphatic rings. The van der Waals surface area contributed by atoms with Crippen LogP contribution in [0.25, 0.3) is 0 Å². The number of halogens is 3. The molecular weight excluding hydrogens is 353 g/mol. The smallest absolute Gasteiger partial charge is 0.207 e. The Morgan fingerprint density at radius 3 is 2.48 bits per heavy atom. The van der Waals surface area contributed by atoms with Gasteiger partial charge in [-0.1, -0.05) is 37.0 Å². The third-order valence-corrected chi connectivity index (χ3v) is 6.68. The van der Waals surface area contributed by atoms with Gasteiger partial charge in [-0.2, -0.15) is 4.31 Å². The number of hydrogen-bond acceptors (Lipinski definition) is 2. The van der Waals surface area contributed by atoms with Crippen molar-refractivity contribution in [1.29, 1.82) is 0 Å². The van der Waals surface area contributed by atoms with Crippen molar-refractivity contribution in [3.05, 3.63) is 27.7 Å². The van der Waals surface area contributed by atoms with Crippen molar-refractivity contribution < 1.29 is 8.42 Å². The van der Waals surface area contributed by atoms with Crippen LogP contribution in [0.4, 0.5) is 0 Å². The highest BCUT2D eigenvalue weighted by atomic mass is 35.5. The molecule has 0 radical (unpaired) electrons. The molecule has 0 unspecified atom stereocenters. The first-order valence-corrected chi connectivity index (χ1v) is 9.44. The number of piperidine rings is 1. The van der Waals surface area contributed by atoms with Gasteiger partial charge in [-0.15, -0.1) is 11.6 Å². The van der Waals surface area contributed by atoms with E-state index in [1.54, 1.807) is 0 Å². The first-order valence-electron chi connectivity index (χ1n) is 6.71. The SMILES string of the molecule is CC1(C)CCCN(S(=O)(=O)c2cc(CCl)c(Cl)cc2Cl)C1. The average Bonchev–Trinajstić information content (AvgIpc) is 2.37. The topological polar surface area (TPSA) is 37.4 Å². The number of sulfonamides is 1. The van der Waals surface area contributed by atoms with Crippen LogP contribution < -0.4 is 0 Å². The molecule has 0 amide bonds. The fourth-order valence-electron chi connectivity index (χ4n) is 2.59. The number of alkyl halides is 1. The van der Waals surface area contributed by atoms with Gasteiger partial charge in [-0.3, -0.25) is 0 Å².